The van der Waals surface area contributed by atoms with Gasteiger partial charge in [0.05, 0.1) is 26.1 Å². The molecule has 12 nitrogen and oxygen atoms in total. The smallest absolute Gasteiger partial charge is 0.307 e. The number of esters is 2. The zero-order valence-corrected chi connectivity index (χ0v) is 24.6. The van der Waals surface area contributed by atoms with Gasteiger partial charge in [0.1, 0.15) is 0 Å². The molecule has 226 valence electrons. The molecule has 1 fully saturated rings. The largest absolute Gasteiger partial charge is 0.466 e. The number of carbonyl (C=O) groups excluding carboxylic acids is 4. The van der Waals surface area contributed by atoms with E-state index in [2.05, 4.69) is 30.7 Å². The molecule has 1 saturated heterocycles. The van der Waals surface area contributed by atoms with Gasteiger partial charge in [-0.2, -0.15) is 0 Å². The number of carbonyl (C=O) groups is 4. The summed E-state index contributed by atoms with van der Waals surface area (Å²) < 4.78 is 11.3. The third-order valence-corrected chi connectivity index (χ3v) is 6.67. The summed E-state index contributed by atoms with van der Waals surface area (Å²) in [5, 5.41) is 8.76. The molecule has 0 saturated carbocycles. The molecule has 2 amide bonds. The Bertz CT molecular complexity index is 693. The first-order valence-corrected chi connectivity index (χ1v) is 14.5. The first-order chi connectivity index (χ1) is 18.8. The Morgan fingerprint density at radius 2 is 1.33 bits per heavy atom. The van der Waals surface area contributed by atoms with E-state index in [-0.39, 0.29) is 43.3 Å². The molecule has 39 heavy (non-hydrogen) atoms. The van der Waals surface area contributed by atoms with Crippen molar-refractivity contribution in [3.05, 3.63) is 0 Å². The van der Waals surface area contributed by atoms with Crippen molar-refractivity contribution in [2.45, 2.75) is 65.0 Å². The highest BCUT2D eigenvalue weighted by Gasteiger charge is 2.26. The van der Waals surface area contributed by atoms with E-state index in [0.717, 1.165) is 25.7 Å². The molecular weight excluding hydrogens is 504 g/mol. The summed E-state index contributed by atoms with van der Waals surface area (Å²) in [4.78, 5) is 55.5. The highest BCUT2D eigenvalue weighted by atomic mass is 16.6. The summed E-state index contributed by atoms with van der Waals surface area (Å²) in [7, 11) is 3.24. The molecule has 0 aromatic rings. The average Bonchev–Trinajstić information content (AvgIpc) is 2.92. The van der Waals surface area contributed by atoms with E-state index in [1.807, 2.05) is 13.8 Å². The lowest BCUT2D eigenvalue weighted by atomic mass is 10.2. The fourth-order valence-electron chi connectivity index (χ4n) is 4.13. The molecule has 0 spiro atoms. The fraction of sp³-hybridized carbons (Fsp3) is 0.852. The molecule has 0 aromatic carbocycles. The molecule has 0 bridgehead atoms. The topological polar surface area (TPSA) is 133 Å². The highest BCUT2D eigenvalue weighted by Crippen LogP contribution is 2.14. The second-order valence-electron chi connectivity index (χ2n) is 9.85. The molecule has 1 aliphatic heterocycles. The molecule has 1 rings (SSSR count). The second kappa shape index (κ2) is 21.5. The van der Waals surface area contributed by atoms with Crippen molar-refractivity contribution in [1.82, 2.24) is 30.7 Å². The summed E-state index contributed by atoms with van der Waals surface area (Å²) in [6, 6.07) is 0. The number of unbranched alkanes of at least 4 members (excludes halogenated alkanes) is 2. The van der Waals surface area contributed by atoms with Crippen LogP contribution in [0, 0.1) is 0 Å². The SMILES string of the molecule is CCCCOC(=O)CC[C@H](OC(=O)CCCC)N1CCN(CC(=O)NC)CCNCCN(CC(=O)NC)CC1. The van der Waals surface area contributed by atoms with Crippen LogP contribution in [0.15, 0.2) is 0 Å². The molecule has 0 aliphatic carbocycles. The summed E-state index contributed by atoms with van der Waals surface area (Å²) in [6.07, 6.45) is 3.52. The third-order valence-electron chi connectivity index (χ3n) is 6.67. The monoisotopic (exact) mass is 556 g/mol. The van der Waals surface area contributed by atoms with E-state index in [1.54, 1.807) is 14.1 Å². The van der Waals surface area contributed by atoms with E-state index in [9.17, 15) is 19.2 Å². The predicted octanol–water partition coefficient (Wildman–Crippen LogP) is 0.171. The number of hydrogen-bond acceptors (Lipinski definition) is 10. The fourth-order valence-corrected chi connectivity index (χ4v) is 4.13. The van der Waals surface area contributed by atoms with Crippen molar-refractivity contribution in [2.24, 2.45) is 0 Å². The Balaban J connectivity index is 3.09. The summed E-state index contributed by atoms with van der Waals surface area (Å²) in [6.45, 7) is 9.91. The average molecular weight is 557 g/mol. The van der Waals surface area contributed by atoms with Gasteiger partial charge in [-0.1, -0.05) is 26.7 Å². The van der Waals surface area contributed by atoms with E-state index in [1.165, 1.54) is 0 Å². The first kappa shape index (κ1) is 34.7. The van der Waals surface area contributed by atoms with E-state index in [4.69, 9.17) is 9.47 Å². The van der Waals surface area contributed by atoms with Gasteiger partial charge in [-0.25, -0.2) is 0 Å². The van der Waals surface area contributed by atoms with Crippen LogP contribution in [0.4, 0.5) is 0 Å². The van der Waals surface area contributed by atoms with E-state index in [0.29, 0.717) is 71.8 Å². The molecule has 3 N–H and O–H groups in total. The van der Waals surface area contributed by atoms with Crippen LogP contribution in [-0.4, -0.2) is 131 Å². The van der Waals surface area contributed by atoms with Gasteiger partial charge < -0.3 is 25.4 Å². The minimum absolute atomic E-state index is 0.0669. The van der Waals surface area contributed by atoms with Gasteiger partial charge >= 0.3 is 11.9 Å². The molecule has 12 heteroatoms. The molecule has 1 heterocycles. The van der Waals surface area contributed by atoms with Gasteiger partial charge in [-0.05, 0) is 12.8 Å². The summed E-state index contributed by atoms with van der Waals surface area (Å²) in [5.41, 5.74) is 0. The van der Waals surface area contributed by atoms with Crippen molar-refractivity contribution in [1.29, 1.82) is 0 Å². The zero-order chi connectivity index (χ0) is 28.9. The lowest BCUT2D eigenvalue weighted by Crippen LogP contribution is -2.51. The van der Waals surface area contributed by atoms with E-state index < -0.39 is 6.23 Å². The minimum Gasteiger partial charge on any atom is -0.466 e. The van der Waals surface area contributed by atoms with Crippen molar-refractivity contribution in [3.8, 4) is 0 Å². The Morgan fingerprint density at radius 3 is 1.85 bits per heavy atom. The molecule has 0 unspecified atom stereocenters. The van der Waals surface area contributed by atoms with Crippen molar-refractivity contribution >= 4 is 23.8 Å². The maximum absolute atomic E-state index is 12.7. The molecular formula is C27H52N6O6. The van der Waals surface area contributed by atoms with Crippen LogP contribution >= 0.6 is 0 Å². The maximum Gasteiger partial charge on any atom is 0.307 e. The molecule has 0 radical (unpaired) electrons. The Hall–Kier alpha value is -2.28. The Kier molecular flexibility index (Phi) is 19.2. The number of ether oxygens (including phenoxy) is 2. The Labute approximate surface area is 234 Å². The minimum atomic E-state index is -0.613. The molecule has 1 aliphatic rings. The predicted molar refractivity (Wildman–Crippen MR) is 150 cm³/mol. The van der Waals surface area contributed by atoms with Crippen LogP contribution in [0.5, 0.6) is 0 Å². The molecule has 1 atom stereocenters. The van der Waals surface area contributed by atoms with Gasteiger partial charge in [-0.3, -0.25) is 33.9 Å². The number of amides is 2. The van der Waals surface area contributed by atoms with Crippen LogP contribution in [0.3, 0.4) is 0 Å². The van der Waals surface area contributed by atoms with Crippen LogP contribution < -0.4 is 16.0 Å². The number of nitrogens with zero attached hydrogens (tertiary/aromatic N) is 3. The van der Waals surface area contributed by atoms with Gasteiger partial charge in [-0.15, -0.1) is 0 Å². The first-order valence-electron chi connectivity index (χ1n) is 14.5. The van der Waals surface area contributed by atoms with Gasteiger partial charge in [0, 0.05) is 79.3 Å². The third kappa shape index (κ3) is 16.4. The van der Waals surface area contributed by atoms with Crippen molar-refractivity contribution in [2.75, 3.05) is 86.1 Å². The van der Waals surface area contributed by atoms with Crippen LogP contribution in [-0.2, 0) is 28.7 Å². The van der Waals surface area contributed by atoms with Crippen LogP contribution in [0.25, 0.3) is 0 Å². The van der Waals surface area contributed by atoms with Crippen molar-refractivity contribution in [3.63, 3.8) is 0 Å². The standard InChI is InChI=1S/C27H52N6O6/c1-5-7-9-27(37)39-25(10-11-26(36)38-20-8-6-2)33-18-16-31(21-23(34)28-3)14-12-30-13-15-32(17-19-33)22-24(35)29-4/h25,30H,5-22H2,1-4H3,(H,28,34)(H,29,35)/t25-/m0/s1. The van der Waals surface area contributed by atoms with Gasteiger partial charge in [0.15, 0.2) is 6.23 Å². The van der Waals surface area contributed by atoms with Crippen molar-refractivity contribution < 1.29 is 28.7 Å². The quantitative estimate of drug-likeness (QED) is 0.189. The summed E-state index contributed by atoms with van der Waals surface area (Å²) >= 11 is 0. The lowest BCUT2D eigenvalue weighted by molar-refractivity contribution is -0.163. The number of rotatable bonds is 15. The second-order valence-corrected chi connectivity index (χ2v) is 9.85. The normalized spacial score (nSPS) is 17.3. The van der Waals surface area contributed by atoms with Crippen LogP contribution in [0.2, 0.25) is 0 Å². The lowest BCUT2D eigenvalue weighted by Gasteiger charge is -2.35. The molecule has 0 aromatic heterocycles. The van der Waals surface area contributed by atoms with Gasteiger partial charge in [0.2, 0.25) is 11.8 Å². The summed E-state index contributed by atoms with van der Waals surface area (Å²) in [5.74, 6) is -0.729. The number of hydrogen-bond donors (Lipinski definition) is 3. The zero-order valence-electron chi connectivity index (χ0n) is 24.6. The Morgan fingerprint density at radius 1 is 0.769 bits per heavy atom. The van der Waals surface area contributed by atoms with Gasteiger partial charge in [0.25, 0.3) is 0 Å². The van der Waals surface area contributed by atoms with Crippen LogP contribution in [0.1, 0.15) is 58.8 Å². The number of likely N-dealkylation sites (N-methyl/N-ethyl adjacent to an activating group) is 2. The number of nitrogens with one attached hydrogen (secondary N) is 3. The highest BCUT2D eigenvalue weighted by molar-refractivity contribution is 5.78. The maximum atomic E-state index is 12.7. The van der Waals surface area contributed by atoms with E-state index >= 15 is 0 Å².